The van der Waals surface area contributed by atoms with E-state index in [1.54, 1.807) is 0 Å². The maximum absolute atomic E-state index is 5.67. The predicted octanol–water partition coefficient (Wildman–Crippen LogP) is 2.75. The van der Waals surface area contributed by atoms with Gasteiger partial charge in [-0.2, -0.15) is 0 Å². The second-order valence-corrected chi connectivity index (χ2v) is 5.20. The molecular weight excluding hydrogens is 266 g/mol. The van der Waals surface area contributed by atoms with Gasteiger partial charge in [0.05, 0.1) is 26.4 Å². The SMILES string of the molecule is CCOc1ccc(CCCN2CCOCC2)cc1OCC. The highest BCUT2D eigenvalue weighted by Crippen LogP contribution is 2.29. The van der Waals surface area contributed by atoms with Gasteiger partial charge in [0, 0.05) is 13.1 Å². The topological polar surface area (TPSA) is 30.9 Å². The van der Waals surface area contributed by atoms with Crippen molar-refractivity contribution in [3.05, 3.63) is 23.8 Å². The molecule has 0 radical (unpaired) electrons. The van der Waals surface area contributed by atoms with Crippen molar-refractivity contribution < 1.29 is 14.2 Å². The molecule has 1 fully saturated rings. The van der Waals surface area contributed by atoms with E-state index in [0.29, 0.717) is 13.2 Å². The van der Waals surface area contributed by atoms with Crippen molar-refractivity contribution in [2.75, 3.05) is 46.1 Å². The number of morpholine rings is 1. The summed E-state index contributed by atoms with van der Waals surface area (Å²) in [7, 11) is 0. The minimum atomic E-state index is 0.663. The fourth-order valence-electron chi connectivity index (χ4n) is 2.58. The number of ether oxygens (including phenoxy) is 3. The number of hydrogen-bond donors (Lipinski definition) is 0. The zero-order chi connectivity index (χ0) is 14.9. The molecule has 0 spiro atoms. The van der Waals surface area contributed by atoms with Gasteiger partial charge in [0.15, 0.2) is 11.5 Å². The van der Waals surface area contributed by atoms with Crippen molar-refractivity contribution in [1.82, 2.24) is 4.90 Å². The zero-order valence-corrected chi connectivity index (χ0v) is 13.3. The van der Waals surface area contributed by atoms with Crippen molar-refractivity contribution >= 4 is 0 Å². The van der Waals surface area contributed by atoms with E-state index >= 15 is 0 Å². The minimum Gasteiger partial charge on any atom is -0.490 e. The summed E-state index contributed by atoms with van der Waals surface area (Å²) in [5.74, 6) is 1.71. The lowest BCUT2D eigenvalue weighted by molar-refractivity contribution is 0.0374. The molecule has 1 aromatic rings. The van der Waals surface area contributed by atoms with Gasteiger partial charge in [-0.3, -0.25) is 4.90 Å². The summed E-state index contributed by atoms with van der Waals surface area (Å²) in [6.45, 7) is 10.3. The molecule has 0 saturated carbocycles. The first kappa shape index (κ1) is 16.1. The van der Waals surface area contributed by atoms with Crippen LogP contribution in [-0.4, -0.2) is 51.0 Å². The van der Waals surface area contributed by atoms with Crippen molar-refractivity contribution in [2.45, 2.75) is 26.7 Å². The number of benzene rings is 1. The molecule has 0 aliphatic carbocycles. The van der Waals surface area contributed by atoms with Crippen LogP contribution in [0.15, 0.2) is 18.2 Å². The zero-order valence-electron chi connectivity index (χ0n) is 13.3. The van der Waals surface area contributed by atoms with Crippen LogP contribution in [-0.2, 0) is 11.2 Å². The molecule has 1 aromatic carbocycles. The largest absolute Gasteiger partial charge is 0.490 e. The van der Waals surface area contributed by atoms with Gasteiger partial charge >= 0.3 is 0 Å². The van der Waals surface area contributed by atoms with Crippen molar-refractivity contribution in [3.8, 4) is 11.5 Å². The van der Waals surface area contributed by atoms with Gasteiger partial charge in [-0.25, -0.2) is 0 Å². The predicted molar refractivity (Wildman–Crippen MR) is 84.4 cm³/mol. The monoisotopic (exact) mass is 293 g/mol. The van der Waals surface area contributed by atoms with E-state index in [2.05, 4.69) is 17.0 Å². The number of aryl methyl sites for hydroxylation is 1. The maximum Gasteiger partial charge on any atom is 0.161 e. The molecular formula is C17H27NO3. The Morgan fingerprint density at radius 1 is 1.05 bits per heavy atom. The Morgan fingerprint density at radius 3 is 2.48 bits per heavy atom. The molecule has 0 N–H and O–H groups in total. The van der Waals surface area contributed by atoms with Crippen LogP contribution in [0.25, 0.3) is 0 Å². The average Bonchev–Trinajstić information content (AvgIpc) is 2.51. The van der Waals surface area contributed by atoms with Crippen LogP contribution in [0.4, 0.5) is 0 Å². The van der Waals surface area contributed by atoms with Crippen molar-refractivity contribution in [1.29, 1.82) is 0 Å². The highest BCUT2D eigenvalue weighted by Gasteiger charge is 2.10. The third-order valence-electron chi connectivity index (χ3n) is 3.65. The van der Waals surface area contributed by atoms with E-state index in [1.807, 2.05) is 19.9 Å². The summed E-state index contributed by atoms with van der Waals surface area (Å²) in [4.78, 5) is 2.47. The molecule has 1 saturated heterocycles. The van der Waals surface area contributed by atoms with Crippen LogP contribution in [0.5, 0.6) is 11.5 Å². The maximum atomic E-state index is 5.67. The van der Waals surface area contributed by atoms with Gasteiger partial charge < -0.3 is 14.2 Å². The lowest BCUT2D eigenvalue weighted by Gasteiger charge is -2.26. The van der Waals surface area contributed by atoms with Crippen LogP contribution >= 0.6 is 0 Å². The summed E-state index contributed by atoms with van der Waals surface area (Å²) in [5, 5.41) is 0. The first-order chi connectivity index (χ1) is 10.3. The minimum absolute atomic E-state index is 0.663. The lowest BCUT2D eigenvalue weighted by atomic mass is 10.1. The third kappa shape index (κ3) is 5.21. The Bertz CT molecular complexity index is 416. The summed E-state index contributed by atoms with van der Waals surface area (Å²) in [6.07, 6.45) is 2.24. The summed E-state index contributed by atoms with van der Waals surface area (Å²) in [6, 6.07) is 6.29. The van der Waals surface area contributed by atoms with Crippen LogP contribution in [0, 0.1) is 0 Å². The Balaban J connectivity index is 1.85. The Hall–Kier alpha value is -1.26. The van der Waals surface area contributed by atoms with E-state index in [-0.39, 0.29) is 0 Å². The van der Waals surface area contributed by atoms with Crippen LogP contribution in [0.1, 0.15) is 25.8 Å². The molecule has 4 nitrogen and oxygen atoms in total. The molecule has 21 heavy (non-hydrogen) atoms. The standard InChI is InChI=1S/C17H27NO3/c1-3-20-16-8-7-15(14-17(16)21-4-2)6-5-9-18-10-12-19-13-11-18/h7-8,14H,3-6,9-13H2,1-2H3. The summed E-state index contributed by atoms with van der Waals surface area (Å²) in [5.41, 5.74) is 1.31. The lowest BCUT2D eigenvalue weighted by Crippen LogP contribution is -2.36. The molecule has 0 amide bonds. The van der Waals surface area contributed by atoms with E-state index in [1.165, 1.54) is 12.0 Å². The molecule has 1 aliphatic heterocycles. The fraction of sp³-hybridized carbons (Fsp3) is 0.647. The molecule has 0 atom stereocenters. The van der Waals surface area contributed by atoms with Gasteiger partial charge in [-0.15, -0.1) is 0 Å². The first-order valence-electron chi connectivity index (χ1n) is 8.02. The number of nitrogens with zero attached hydrogens (tertiary/aromatic N) is 1. The van der Waals surface area contributed by atoms with Gasteiger partial charge in [-0.05, 0) is 50.9 Å². The molecule has 4 heteroatoms. The molecule has 0 aromatic heterocycles. The van der Waals surface area contributed by atoms with E-state index in [9.17, 15) is 0 Å². The van der Waals surface area contributed by atoms with Gasteiger partial charge in [-0.1, -0.05) is 6.07 Å². The molecule has 1 heterocycles. The summed E-state index contributed by atoms with van der Waals surface area (Å²) >= 11 is 0. The van der Waals surface area contributed by atoms with E-state index in [0.717, 1.165) is 50.8 Å². The third-order valence-corrected chi connectivity index (χ3v) is 3.65. The van der Waals surface area contributed by atoms with Crippen LogP contribution in [0.2, 0.25) is 0 Å². The van der Waals surface area contributed by atoms with Crippen LogP contribution < -0.4 is 9.47 Å². The average molecular weight is 293 g/mol. The number of rotatable bonds is 8. The second-order valence-electron chi connectivity index (χ2n) is 5.20. The molecule has 2 rings (SSSR count). The van der Waals surface area contributed by atoms with Crippen molar-refractivity contribution in [2.24, 2.45) is 0 Å². The molecule has 0 bridgehead atoms. The number of hydrogen-bond acceptors (Lipinski definition) is 4. The highest BCUT2D eigenvalue weighted by molar-refractivity contribution is 5.43. The van der Waals surface area contributed by atoms with Crippen molar-refractivity contribution in [3.63, 3.8) is 0 Å². The Morgan fingerprint density at radius 2 is 1.76 bits per heavy atom. The smallest absolute Gasteiger partial charge is 0.161 e. The van der Waals surface area contributed by atoms with E-state index < -0.39 is 0 Å². The molecule has 118 valence electrons. The van der Waals surface area contributed by atoms with Gasteiger partial charge in [0.2, 0.25) is 0 Å². The quantitative estimate of drug-likeness (QED) is 0.737. The molecule has 1 aliphatic rings. The van der Waals surface area contributed by atoms with E-state index in [4.69, 9.17) is 14.2 Å². The van der Waals surface area contributed by atoms with Gasteiger partial charge in [0.25, 0.3) is 0 Å². The summed E-state index contributed by atoms with van der Waals surface area (Å²) < 4.78 is 16.6. The first-order valence-corrected chi connectivity index (χ1v) is 8.02. The highest BCUT2D eigenvalue weighted by atomic mass is 16.5. The Kier molecular flexibility index (Phi) is 6.83. The Labute approximate surface area is 128 Å². The normalized spacial score (nSPS) is 15.9. The fourth-order valence-corrected chi connectivity index (χ4v) is 2.58. The molecule has 0 unspecified atom stereocenters. The van der Waals surface area contributed by atoms with Gasteiger partial charge in [0.1, 0.15) is 0 Å². The van der Waals surface area contributed by atoms with Crippen LogP contribution in [0.3, 0.4) is 0 Å². The second kappa shape index (κ2) is 8.90.